The largest absolute Gasteiger partial charge is 0.444 e. The van der Waals surface area contributed by atoms with E-state index < -0.39 is 0 Å². The van der Waals surface area contributed by atoms with Gasteiger partial charge in [0.15, 0.2) is 5.88 Å². The van der Waals surface area contributed by atoms with Crippen LogP contribution in [0, 0.1) is 6.92 Å². The molecule has 2 aliphatic carbocycles. The van der Waals surface area contributed by atoms with E-state index in [-0.39, 0.29) is 48.7 Å². The van der Waals surface area contributed by atoms with Gasteiger partial charge in [-0.3, -0.25) is 4.90 Å². The molecule has 3 aliphatic heterocycles. The Kier molecular flexibility index (Phi) is 8.80. The molecule has 0 N–H and O–H groups in total. The summed E-state index contributed by atoms with van der Waals surface area (Å²) in [6.07, 6.45) is 5.76. The fourth-order valence-corrected chi connectivity index (χ4v) is 13.7. The molecule has 0 spiro atoms. The molecule has 328 valence electrons. The minimum atomic E-state index is -0.274. The topological polar surface area (TPSA) is 19.6 Å². The summed E-state index contributed by atoms with van der Waals surface area (Å²) in [7, 11) is -0.274. The molecule has 0 amide bonds. The summed E-state index contributed by atoms with van der Waals surface area (Å²) in [6, 6.07) is 36.8. The number of rotatable bonds is 4. The van der Waals surface area contributed by atoms with Crippen LogP contribution in [0.1, 0.15) is 154 Å². The van der Waals surface area contributed by atoms with Crippen molar-refractivity contribution in [3.8, 4) is 11.1 Å². The number of hydrogen-bond donors (Lipinski definition) is 0. The van der Waals surface area contributed by atoms with Crippen LogP contribution in [0.4, 0.5) is 34.3 Å². The minimum absolute atomic E-state index is 0.00000215. The third-order valence-corrected chi connectivity index (χ3v) is 18.2. The second kappa shape index (κ2) is 13.4. The van der Waals surface area contributed by atoms with E-state index in [1.807, 2.05) is 0 Å². The maximum atomic E-state index is 7.67. The molecule has 0 fully saturated rings. The number of hydrogen-bond acceptors (Lipinski definition) is 3. The highest BCUT2D eigenvalue weighted by Gasteiger charge is 2.57. The van der Waals surface area contributed by atoms with E-state index in [1.165, 1.54) is 102 Å². The maximum Gasteiger partial charge on any atom is 0.256 e. The normalized spacial score (nSPS) is 22.4. The van der Waals surface area contributed by atoms with Gasteiger partial charge in [0.2, 0.25) is 0 Å². The summed E-state index contributed by atoms with van der Waals surface area (Å²) >= 11 is 0. The summed E-state index contributed by atoms with van der Waals surface area (Å²) in [6.45, 7) is 33.9. The third kappa shape index (κ3) is 5.97. The zero-order valence-corrected chi connectivity index (χ0v) is 42.7. The second-order valence-corrected chi connectivity index (χ2v) is 26.2. The Balaban J connectivity index is 1.30. The molecule has 64 heavy (non-hydrogen) atoms. The van der Waals surface area contributed by atoms with Crippen LogP contribution >= 0.6 is 0 Å². The molecule has 4 heterocycles. The Labute approximate surface area is 387 Å². The van der Waals surface area contributed by atoms with E-state index in [2.05, 4.69) is 197 Å². The van der Waals surface area contributed by atoms with Crippen LogP contribution in [0.15, 0.2) is 95.4 Å². The number of furan rings is 1. The Bertz CT molecular complexity index is 2920. The smallest absolute Gasteiger partial charge is 0.256 e. The fraction of sp³-hybridized carbons (Fsp3) is 0.424. The van der Waals surface area contributed by atoms with Gasteiger partial charge in [-0.1, -0.05) is 143 Å². The Morgan fingerprint density at radius 2 is 1.22 bits per heavy atom. The van der Waals surface area contributed by atoms with Gasteiger partial charge in [0.1, 0.15) is 5.76 Å². The number of nitrogens with zero attached hydrogens (tertiary/aromatic N) is 2. The van der Waals surface area contributed by atoms with Crippen molar-refractivity contribution in [1.82, 2.24) is 0 Å². The molecule has 3 nitrogen and oxygen atoms in total. The van der Waals surface area contributed by atoms with Gasteiger partial charge in [-0.05, 0) is 164 Å². The lowest BCUT2D eigenvalue weighted by molar-refractivity contribution is 0.197. The van der Waals surface area contributed by atoms with Gasteiger partial charge in [-0.2, -0.15) is 0 Å². The minimum Gasteiger partial charge on any atom is -0.444 e. The van der Waals surface area contributed by atoms with Crippen molar-refractivity contribution < 1.29 is 4.42 Å². The summed E-state index contributed by atoms with van der Waals surface area (Å²) in [4.78, 5) is 5.25. The highest BCUT2D eigenvalue weighted by molar-refractivity contribution is 7.00. The van der Waals surface area contributed by atoms with Gasteiger partial charge in [-0.15, -0.1) is 0 Å². The van der Waals surface area contributed by atoms with E-state index >= 15 is 0 Å². The van der Waals surface area contributed by atoms with E-state index in [1.54, 1.807) is 5.56 Å². The SMILES string of the molecule is C[SiH2]c1ccc(-c2cc(C(C)(C)C)ccc2N2c3cc4c5cc3B3c6c2cc(C)cc6N(c2ccc(C(C)(C)C)cc2)c2oc6c(c23)C(C)(CCC6(C)C)CC5(C)CCC4(C)C)cc1. The van der Waals surface area contributed by atoms with Crippen LogP contribution in [0.25, 0.3) is 11.1 Å². The lowest BCUT2D eigenvalue weighted by Crippen LogP contribution is -2.62. The maximum absolute atomic E-state index is 7.67. The summed E-state index contributed by atoms with van der Waals surface area (Å²) in [5, 5.41) is 1.50. The molecule has 5 aliphatic rings. The predicted octanol–water partition coefficient (Wildman–Crippen LogP) is 12.8. The molecule has 0 radical (unpaired) electrons. The number of benzene rings is 5. The van der Waals surface area contributed by atoms with Crippen molar-refractivity contribution in [2.75, 3.05) is 9.80 Å². The lowest BCUT2D eigenvalue weighted by Gasteiger charge is -2.50. The number of aryl methyl sites for hydroxylation is 1. The van der Waals surface area contributed by atoms with Crippen molar-refractivity contribution in [3.63, 3.8) is 0 Å². The second-order valence-electron chi connectivity index (χ2n) is 24.7. The lowest BCUT2D eigenvalue weighted by atomic mass is 9.32. The van der Waals surface area contributed by atoms with Crippen LogP contribution in [0.5, 0.6) is 0 Å². The van der Waals surface area contributed by atoms with Gasteiger partial charge >= 0.3 is 0 Å². The molecule has 0 saturated carbocycles. The highest BCUT2D eigenvalue weighted by atomic mass is 28.2. The van der Waals surface area contributed by atoms with Crippen LogP contribution in [-0.2, 0) is 32.5 Å². The van der Waals surface area contributed by atoms with Crippen LogP contribution < -0.4 is 31.4 Å². The molecule has 1 aromatic heterocycles. The third-order valence-electron chi connectivity index (χ3n) is 16.9. The standard InChI is InChI=1S/C59H69BN2OSi/c1-35-29-47-50-48(30-35)62(45-24-19-38(55(5,6)7)31-41(45)36-15-22-40(64-14)23-16-36)46-33-42-43-32-44(46)60(50)51-49-52(63-53(51)61(47)39-20-17-37(18-21-39)54(2,3)4)57(10,11)26-28-59(49,13)34-58(43,12)27-25-56(42,8)9/h15-24,29-33H,25-28,34,64H2,1-14H3. The molecule has 2 bridgehead atoms. The Morgan fingerprint density at radius 1 is 0.594 bits per heavy atom. The summed E-state index contributed by atoms with van der Waals surface area (Å²) < 4.78 is 7.67. The first-order valence-corrected chi connectivity index (χ1v) is 26.6. The van der Waals surface area contributed by atoms with E-state index in [0.717, 1.165) is 30.8 Å². The first-order chi connectivity index (χ1) is 30.0. The van der Waals surface area contributed by atoms with Crippen molar-refractivity contribution in [2.24, 2.45) is 0 Å². The van der Waals surface area contributed by atoms with E-state index in [0.29, 0.717) is 0 Å². The zero-order chi connectivity index (χ0) is 45.3. The number of anilines is 6. The van der Waals surface area contributed by atoms with Gasteiger partial charge in [0.25, 0.3) is 6.71 Å². The van der Waals surface area contributed by atoms with E-state index in [9.17, 15) is 0 Å². The highest BCUT2D eigenvalue weighted by Crippen LogP contribution is 2.60. The van der Waals surface area contributed by atoms with Crippen molar-refractivity contribution in [1.29, 1.82) is 0 Å². The average molecular weight is 861 g/mol. The van der Waals surface area contributed by atoms with Crippen molar-refractivity contribution in [3.05, 3.63) is 130 Å². The van der Waals surface area contributed by atoms with Gasteiger partial charge < -0.3 is 9.32 Å². The zero-order valence-electron chi connectivity index (χ0n) is 41.3. The molecule has 6 aromatic rings. The van der Waals surface area contributed by atoms with Crippen LogP contribution in [0.2, 0.25) is 6.55 Å². The fourth-order valence-electron chi connectivity index (χ4n) is 13.0. The van der Waals surface area contributed by atoms with Gasteiger partial charge in [0, 0.05) is 33.7 Å². The summed E-state index contributed by atoms with van der Waals surface area (Å²) in [5.74, 6) is 2.24. The molecule has 11 rings (SSSR count). The van der Waals surface area contributed by atoms with Crippen LogP contribution in [-0.4, -0.2) is 16.2 Å². The molecule has 0 saturated heterocycles. The first kappa shape index (κ1) is 41.9. The van der Waals surface area contributed by atoms with E-state index in [4.69, 9.17) is 4.42 Å². The molecule has 5 heteroatoms. The molecule has 5 aromatic carbocycles. The monoisotopic (exact) mass is 861 g/mol. The molecular weight excluding hydrogens is 792 g/mol. The first-order valence-electron chi connectivity index (χ1n) is 24.5. The Morgan fingerprint density at radius 3 is 1.88 bits per heavy atom. The van der Waals surface area contributed by atoms with Crippen molar-refractivity contribution in [2.45, 2.75) is 161 Å². The average Bonchev–Trinajstić information content (AvgIpc) is 3.66. The molecular formula is C59H69BN2OSi. The van der Waals surface area contributed by atoms with Crippen molar-refractivity contribution >= 4 is 72.1 Å². The molecule has 2 atom stereocenters. The van der Waals surface area contributed by atoms with Gasteiger partial charge in [-0.25, -0.2) is 0 Å². The predicted molar refractivity (Wildman–Crippen MR) is 278 cm³/mol. The van der Waals surface area contributed by atoms with Crippen LogP contribution in [0.3, 0.4) is 0 Å². The summed E-state index contributed by atoms with van der Waals surface area (Å²) in [5.41, 5.74) is 21.6. The quantitative estimate of drug-likeness (QED) is 0.164. The Hall–Kier alpha value is -4.74. The molecule has 2 unspecified atom stereocenters. The van der Waals surface area contributed by atoms with Gasteiger partial charge in [0.05, 0.1) is 15.2 Å².